The van der Waals surface area contributed by atoms with E-state index in [2.05, 4.69) is 4.98 Å². The predicted molar refractivity (Wildman–Crippen MR) is 46.9 cm³/mol. The summed E-state index contributed by atoms with van der Waals surface area (Å²) in [6, 6.07) is 3.61. The molecule has 0 spiro atoms. The second-order valence-corrected chi connectivity index (χ2v) is 3.15. The molecule has 0 radical (unpaired) electrons. The smallest absolute Gasteiger partial charge is 0.237 e. The zero-order chi connectivity index (χ0) is 8.39. The van der Waals surface area contributed by atoms with Crippen molar-refractivity contribution in [2.24, 2.45) is 5.92 Å². The Kier molecular flexibility index (Phi) is 1.86. The average Bonchev–Trinajstić information content (AvgIpc) is 2.86. The first-order valence-corrected chi connectivity index (χ1v) is 4.19. The molecule has 2 rings (SSSR count). The Bertz CT molecular complexity index is 271. The minimum Gasteiger partial charge on any atom is -0.476 e. The number of hydrogen-bond acceptors (Lipinski definition) is 3. The molecule has 3 heteroatoms. The van der Waals surface area contributed by atoms with Crippen molar-refractivity contribution in [2.45, 2.75) is 12.8 Å². The Labute approximate surface area is 71.6 Å². The van der Waals surface area contributed by atoms with Gasteiger partial charge in [-0.15, -0.1) is 0 Å². The molecule has 1 aromatic rings. The highest BCUT2D eigenvalue weighted by molar-refractivity contribution is 5.46. The molecule has 3 nitrogen and oxygen atoms in total. The number of aromatic nitrogens is 1. The fraction of sp³-hybridized carbons (Fsp3) is 0.444. The predicted octanol–water partition coefficient (Wildman–Crippen LogP) is 1.45. The van der Waals surface area contributed by atoms with E-state index in [-0.39, 0.29) is 0 Å². The van der Waals surface area contributed by atoms with Gasteiger partial charge in [-0.25, -0.2) is 4.98 Å². The first kappa shape index (κ1) is 7.40. The highest BCUT2D eigenvalue weighted by Crippen LogP contribution is 2.29. The minimum atomic E-state index is 0.574. The van der Waals surface area contributed by atoms with E-state index in [4.69, 9.17) is 10.5 Å². The third-order valence-corrected chi connectivity index (χ3v) is 1.95. The third kappa shape index (κ3) is 1.67. The van der Waals surface area contributed by atoms with Gasteiger partial charge in [-0.3, -0.25) is 0 Å². The summed E-state index contributed by atoms with van der Waals surface area (Å²) in [4.78, 5) is 4.03. The third-order valence-electron chi connectivity index (χ3n) is 1.95. The molecule has 1 heterocycles. The Hall–Kier alpha value is -1.25. The van der Waals surface area contributed by atoms with Gasteiger partial charge in [0, 0.05) is 6.20 Å². The zero-order valence-corrected chi connectivity index (χ0v) is 6.86. The topological polar surface area (TPSA) is 48.1 Å². The molecule has 0 saturated heterocycles. The molecule has 1 aromatic heterocycles. The van der Waals surface area contributed by atoms with Crippen LogP contribution in [0.3, 0.4) is 0 Å². The summed E-state index contributed by atoms with van der Waals surface area (Å²) in [6.07, 6.45) is 4.26. The highest BCUT2D eigenvalue weighted by Gasteiger charge is 2.22. The molecular weight excluding hydrogens is 152 g/mol. The van der Waals surface area contributed by atoms with Crippen molar-refractivity contribution in [1.82, 2.24) is 4.98 Å². The van der Waals surface area contributed by atoms with E-state index in [9.17, 15) is 0 Å². The largest absolute Gasteiger partial charge is 0.476 e. The van der Waals surface area contributed by atoms with E-state index in [1.807, 2.05) is 0 Å². The van der Waals surface area contributed by atoms with Crippen molar-refractivity contribution in [3.8, 4) is 5.88 Å². The van der Waals surface area contributed by atoms with Crippen LogP contribution in [0.4, 0.5) is 5.69 Å². The van der Waals surface area contributed by atoms with Crippen LogP contribution in [-0.2, 0) is 0 Å². The molecule has 0 amide bonds. The van der Waals surface area contributed by atoms with Crippen molar-refractivity contribution in [1.29, 1.82) is 0 Å². The monoisotopic (exact) mass is 164 g/mol. The van der Waals surface area contributed by atoms with Crippen LogP contribution in [0.25, 0.3) is 0 Å². The summed E-state index contributed by atoms with van der Waals surface area (Å²) in [5, 5.41) is 0. The summed E-state index contributed by atoms with van der Waals surface area (Å²) in [7, 11) is 0. The van der Waals surface area contributed by atoms with Crippen molar-refractivity contribution in [3.63, 3.8) is 0 Å². The molecule has 0 aromatic carbocycles. The first-order valence-electron chi connectivity index (χ1n) is 4.19. The van der Waals surface area contributed by atoms with Gasteiger partial charge in [0.15, 0.2) is 0 Å². The lowest BCUT2D eigenvalue weighted by atomic mass is 10.4. The number of rotatable bonds is 3. The number of nitrogen functional groups attached to an aromatic ring is 1. The van der Waals surface area contributed by atoms with Gasteiger partial charge in [0.1, 0.15) is 0 Å². The molecule has 1 fully saturated rings. The summed E-state index contributed by atoms with van der Waals surface area (Å²) in [5.41, 5.74) is 6.26. The molecule has 2 N–H and O–H groups in total. The second-order valence-electron chi connectivity index (χ2n) is 3.15. The fourth-order valence-electron chi connectivity index (χ4n) is 1.01. The fourth-order valence-corrected chi connectivity index (χ4v) is 1.01. The molecule has 0 aliphatic heterocycles. The molecular formula is C9H12N2O. The average molecular weight is 164 g/mol. The Morgan fingerprint density at radius 2 is 2.42 bits per heavy atom. The van der Waals surface area contributed by atoms with Crippen LogP contribution < -0.4 is 10.5 Å². The number of pyridine rings is 1. The van der Waals surface area contributed by atoms with Crippen LogP contribution in [0.2, 0.25) is 0 Å². The van der Waals surface area contributed by atoms with E-state index < -0.39 is 0 Å². The van der Waals surface area contributed by atoms with E-state index in [0.717, 1.165) is 12.5 Å². The van der Waals surface area contributed by atoms with Gasteiger partial charge < -0.3 is 10.5 Å². The van der Waals surface area contributed by atoms with Crippen molar-refractivity contribution >= 4 is 5.69 Å². The lowest BCUT2D eigenvalue weighted by Gasteiger charge is -2.05. The van der Waals surface area contributed by atoms with Crippen LogP contribution in [-0.4, -0.2) is 11.6 Å². The van der Waals surface area contributed by atoms with Gasteiger partial charge in [0.2, 0.25) is 5.88 Å². The van der Waals surface area contributed by atoms with Gasteiger partial charge in [0.05, 0.1) is 12.3 Å². The lowest BCUT2D eigenvalue weighted by molar-refractivity contribution is 0.290. The number of anilines is 1. The molecule has 0 unspecified atom stereocenters. The highest BCUT2D eigenvalue weighted by atomic mass is 16.5. The van der Waals surface area contributed by atoms with Crippen molar-refractivity contribution in [2.75, 3.05) is 12.3 Å². The Balaban J connectivity index is 1.96. The maximum absolute atomic E-state index is 5.64. The Morgan fingerprint density at radius 3 is 3.08 bits per heavy atom. The maximum Gasteiger partial charge on any atom is 0.237 e. The maximum atomic E-state index is 5.64. The van der Waals surface area contributed by atoms with Gasteiger partial charge in [-0.2, -0.15) is 0 Å². The molecule has 64 valence electrons. The number of ether oxygens (including phenoxy) is 1. The van der Waals surface area contributed by atoms with Crippen LogP contribution in [0.5, 0.6) is 5.88 Å². The van der Waals surface area contributed by atoms with Gasteiger partial charge in [0.25, 0.3) is 0 Å². The lowest BCUT2D eigenvalue weighted by Crippen LogP contribution is -2.03. The number of hydrogen-bond donors (Lipinski definition) is 1. The van der Waals surface area contributed by atoms with E-state index >= 15 is 0 Å². The number of nitrogens with zero attached hydrogens (tertiary/aromatic N) is 1. The standard InChI is InChI=1S/C9H12N2O/c10-8-2-1-5-11-9(8)12-6-7-3-4-7/h1-2,5,7H,3-4,6,10H2. The molecule has 0 bridgehead atoms. The van der Waals surface area contributed by atoms with E-state index in [1.54, 1.807) is 18.3 Å². The van der Waals surface area contributed by atoms with E-state index in [1.165, 1.54) is 12.8 Å². The van der Waals surface area contributed by atoms with Gasteiger partial charge in [-0.1, -0.05) is 0 Å². The van der Waals surface area contributed by atoms with Crippen molar-refractivity contribution in [3.05, 3.63) is 18.3 Å². The SMILES string of the molecule is Nc1cccnc1OCC1CC1. The number of nitrogens with two attached hydrogens (primary N) is 1. The summed E-state index contributed by atoms with van der Waals surface area (Å²) in [5.74, 6) is 1.32. The van der Waals surface area contributed by atoms with Crippen LogP contribution in [0, 0.1) is 5.92 Å². The zero-order valence-electron chi connectivity index (χ0n) is 6.86. The second kappa shape index (κ2) is 3.01. The molecule has 0 atom stereocenters. The molecule has 1 aliphatic carbocycles. The van der Waals surface area contributed by atoms with Gasteiger partial charge in [-0.05, 0) is 30.9 Å². The van der Waals surface area contributed by atoms with Crippen LogP contribution >= 0.6 is 0 Å². The van der Waals surface area contributed by atoms with Crippen LogP contribution in [0.15, 0.2) is 18.3 Å². The van der Waals surface area contributed by atoms with Crippen molar-refractivity contribution < 1.29 is 4.74 Å². The van der Waals surface area contributed by atoms with Crippen LogP contribution in [0.1, 0.15) is 12.8 Å². The first-order chi connectivity index (χ1) is 5.86. The van der Waals surface area contributed by atoms with Gasteiger partial charge >= 0.3 is 0 Å². The minimum absolute atomic E-state index is 0.574. The van der Waals surface area contributed by atoms with E-state index in [0.29, 0.717) is 11.6 Å². The molecule has 12 heavy (non-hydrogen) atoms. The Morgan fingerprint density at radius 1 is 1.58 bits per heavy atom. The quantitative estimate of drug-likeness (QED) is 0.735. The molecule has 1 saturated carbocycles. The molecule has 1 aliphatic rings. The summed E-state index contributed by atoms with van der Waals surface area (Å²) < 4.78 is 5.42. The summed E-state index contributed by atoms with van der Waals surface area (Å²) in [6.45, 7) is 0.765. The summed E-state index contributed by atoms with van der Waals surface area (Å²) >= 11 is 0. The normalized spacial score (nSPS) is 16.0.